The number of hydrogen-bond acceptors (Lipinski definition) is 7. The highest BCUT2D eigenvalue weighted by Gasteiger charge is 2.28. The number of carbonyl (C=O) groups excluding carboxylic acids is 2. The monoisotopic (exact) mass is 463 g/mol. The number of ether oxygens (including phenoxy) is 3. The van der Waals surface area contributed by atoms with Crippen molar-refractivity contribution in [3.8, 4) is 11.5 Å². The molecule has 1 aliphatic rings. The molecule has 1 atom stereocenters. The van der Waals surface area contributed by atoms with Crippen LogP contribution in [0.4, 0.5) is 5.69 Å². The number of para-hydroxylation sites is 1. The standard InChI is InChI=1S/C26H29N3O5/c1-5-29-13-12-21-19(15-29)24(18-8-6-7-9-20(18)27-21)26(31)34-16(2)25(30)28-22-14-17(32-3)10-11-23(22)33-4/h6-11,14,16H,5,12-13,15H2,1-4H3,(H,28,30). The van der Waals surface area contributed by atoms with E-state index in [2.05, 4.69) is 17.1 Å². The first-order valence-electron chi connectivity index (χ1n) is 11.3. The van der Waals surface area contributed by atoms with Gasteiger partial charge in [-0.3, -0.25) is 14.7 Å². The smallest absolute Gasteiger partial charge is 0.339 e. The third-order valence-corrected chi connectivity index (χ3v) is 6.09. The minimum Gasteiger partial charge on any atom is -0.497 e. The zero-order valence-corrected chi connectivity index (χ0v) is 19.9. The molecule has 1 N–H and O–H groups in total. The molecular formula is C26H29N3O5. The Hall–Kier alpha value is -3.65. The minimum atomic E-state index is -1.03. The second kappa shape index (κ2) is 10.1. The quantitative estimate of drug-likeness (QED) is 0.533. The fourth-order valence-electron chi connectivity index (χ4n) is 4.17. The van der Waals surface area contributed by atoms with Gasteiger partial charge in [-0.05, 0) is 31.7 Å². The van der Waals surface area contributed by atoms with Crippen LogP contribution in [-0.4, -0.2) is 55.2 Å². The third-order valence-electron chi connectivity index (χ3n) is 6.09. The lowest BCUT2D eigenvalue weighted by Gasteiger charge is -2.29. The van der Waals surface area contributed by atoms with Crippen LogP contribution in [0.25, 0.3) is 10.9 Å². The predicted octanol–water partition coefficient (Wildman–Crippen LogP) is 3.81. The second-order valence-electron chi connectivity index (χ2n) is 8.15. The predicted molar refractivity (Wildman–Crippen MR) is 129 cm³/mol. The molecule has 0 spiro atoms. The van der Waals surface area contributed by atoms with Gasteiger partial charge in [0.15, 0.2) is 6.10 Å². The second-order valence-corrected chi connectivity index (χ2v) is 8.15. The van der Waals surface area contributed by atoms with Gasteiger partial charge in [0, 0.05) is 42.2 Å². The fourth-order valence-corrected chi connectivity index (χ4v) is 4.17. The third kappa shape index (κ3) is 4.68. The number of likely N-dealkylation sites (N-methyl/N-ethyl adjacent to an activating group) is 1. The fraction of sp³-hybridized carbons (Fsp3) is 0.346. The maximum absolute atomic E-state index is 13.4. The summed E-state index contributed by atoms with van der Waals surface area (Å²) in [6.07, 6.45) is -0.267. The zero-order valence-electron chi connectivity index (χ0n) is 19.9. The number of nitrogens with zero attached hydrogens (tertiary/aromatic N) is 2. The lowest BCUT2D eigenvalue weighted by atomic mass is 9.95. The summed E-state index contributed by atoms with van der Waals surface area (Å²) in [6, 6.07) is 12.6. The zero-order chi connectivity index (χ0) is 24.2. The van der Waals surface area contributed by atoms with Gasteiger partial charge in [0.1, 0.15) is 11.5 Å². The summed E-state index contributed by atoms with van der Waals surface area (Å²) >= 11 is 0. The molecular weight excluding hydrogens is 434 g/mol. The molecule has 1 aromatic heterocycles. The van der Waals surface area contributed by atoms with Crippen LogP contribution < -0.4 is 14.8 Å². The molecule has 178 valence electrons. The molecule has 0 fully saturated rings. The van der Waals surface area contributed by atoms with Gasteiger partial charge in [0.25, 0.3) is 5.91 Å². The van der Waals surface area contributed by atoms with Crippen LogP contribution in [-0.2, 0) is 22.5 Å². The van der Waals surface area contributed by atoms with E-state index in [9.17, 15) is 9.59 Å². The Morgan fingerprint density at radius 3 is 2.68 bits per heavy atom. The van der Waals surface area contributed by atoms with Crippen LogP contribution >= 0.6 is 0 Å². The van der Waals surface area contributed by atoms with E-state index in [0.29, 0.717) is 29.3 Å². The molecule has 1 unspecified atom stereocenters. The van der Waals surface area contributed by atoms with E-state index in [1.54, 1.807) is 25.1 Å². The van der Waals surface area contributed by atoms with Crippen molar-refractivity contribution in [2.24, 2.45) is 0 Å². The Morgan fingerprint density at radius 2 is 1.94 bits per heavy atom. The summed E-state index contributed by atoms with van der Waals surface area (Å²) in [4.78, 5) is 33.4. The Bertz CT molecular complexity index is 1230. The molecule has 1 amide bonds. The van der Waals surface area contributed by atoms with Crippen molar-refractivity contribution in [3.05, 3.63) is 59.3 Å². The minimum absolute atomic E-state index is 0.431. The van der Waals surface area contributed by atoms with Crippen molar-refractivity contribution in [1.29, 1.82) is 0 Å². The highest BCUT2D eigenvalue weighted by Crippen LogP contribution is 2.31. The van der Waals surface area contributed by atoms with Crippen molar-refractivity contribution >= 4 is 28.5 Å². The van der Waals surface area contributed by atoms with Gasteiger partial charge in [0.2, 0.25) is 0 Å². The number of hydrogen-bond donors (Lipinski definition) is 1. The molecule has 8 heteroatoms. The van der Waals surface area contributed by atoms with Crippen LogP contribution in [0.1, 0.15) is 35.5 Å². The van der Waals surface area contributed by atoms with Crippen LogP contribution in [0.3, 0.4) is 0 Å². The van der Waals surface area contributed by atoms with Gasteiger partial charge in [-0.2, -0.15) is 0 Å². The van der Waals surface area contributed by atoms with Crippen molar-refractivity contribution in [2.45, 2.75) is 32.9 Å². The number of aromatic nitrogens is 1. The van der Waals surface area contributed by atoms with E-state index < -0.39 is 18.0 Å². The highest BCUT2D eigenvalue weighted by atomic mass is 16.5. The molecule has 0 bridgehead atoms. The highest BCUT2D eigenvalue weighted by molar-refractivity contribution is 6.06. The summed E-state index contributed by atoms with van der Waals surface area (Å²) in [7, 11) is 3.05. The van der Waals surface area contributed by atoms with E-state index in [-0.39, 0.29) is 0 Å². The van der Waals surface area contributed by atoms with E-state index in [1.165, 1.54) is 14.2 Å². The van der Waals surface area contributed by atoms with Crippen LogP contribution in [0.2, 0.25) is 0 Å². The van der Waals surface area contributed by atoms with Gasteiger partial charge >= 0.3 is 5.97 Å². The molecule has 2 aromatic carbocycles. The first-order chi connectivity index (χ1) is 16.4. The summed E-state index contributed by atoms with van der Waals surface area (Å²) in [5.41, 5.74) is 3.45. The number of rotatable bonds is 7. The Labute approximate surface area is 198 Å². The van der Waals surface area contributed by atoms with E-state index in [4.69, 9.17) is 19.2 Å². The van der Waals surface area contributed by atoms with Gasteiger partial charge in [0.05, 0.1) is 31.0 Å². The molecule has 3 aromatic rings. The summed E-state index contributed by atoms with van der Waals surface area (Å²) in [5.74, 6) is 0.0352. The van der Waals surface area contributed by atoms with E-state index >= 15 is 0 Å². The lowest BCUT2D eigenvalue weighted by molar-refractivity contribution is -0.123. The Kier molecular flexibility index (Phi) is 6.98. The molecule has 34 heavy (non-hydrogen) atoms. The summed E-state index contributed by atoms with van der Waals surface area (Å²) < 4.78 is 16.2. The number of amides is 1. The average Bonchev–Trinajstić information content (AvgIpc) is 2.86. The van der Waals surface area contributed by atoms with Crippen molar-refractivity contribution in [1.82, 2.24) is 9.88 Å². The summed E-state index contributed by atoms with van der Waals surface area (Å²) in [6.45, 7) is 6.03. The van der Waals surface area contributed by atoms with E-state index in [1.807, 2.05) is 24.3 Å². The topological polar surface area (TPSA) is 90.0 Å². The number of anilines is 1. The number of pyridine rings is 1. The molecule has 0 aliphatic carbocycles. The number of methoxy groups -OCH3 is 2. The molecule has 0 saturated heterocycles. The van der Waals surface area contributed by atoms with Crippen LogP contribution in [0, 0.1) is 0 Å². The van der Waals surface area contributed by atoms with Gasteiger partial charge < -0.3 is 19.5 Å². The molecule has 0 saturated carbocycles. The first kappa shape index (κ1) is 23.5. The van der Waals surface area contributed by atoms with Crippen LogP contribution in [0.5, 0.6) is 11.5 Å². The SMILES string of the molecule is CCN1CCc2nc3ccccc3c(C(=O)OC(C)C(=O)Nc3cc(OC)ccc3OC)c2C1. The molecule has 8 nitrogen and oxygen atoms in total. The molecule has 4 rings (SSSR count). The molecule has 2 heterocycles. The first-order valence-corrected chi connectivity index (χ1v) is 11.3. The van der Waals surface area contributed by atoms with Gasteiger partial charge in [-0.15, -0.1) is 0 Å². The maximum atomic E-state index is 13.4. The molecule has 1 aliphatic heterocycles. The van der Waals surface area contributed by atoms with Gasteiger partial charge in [-0.1, -0.05) is 25.1 Å². The van der Waals surface area contributed by atoms with Crippen molar-refractivity contribution in [3.63, 3.8) is 0 Å². The summed E-state index contributed by atoms with van der Waals surface area (Å²) in [5, 5.41) is 3.49. The Morgan fingerprint density at radius 1 is 1.15 bits per heavy atom. The van der Waals surface area contributed by atoms with E-state index in [0.717, 1.165) is 41.7 Å². The van der Waals surface area contributed by atoms with Crippen molar-refractivity contribution in [2.75, 3.05) is 32.6 Å². The number of benzene rings is 2. The van der Waals surface area contributed by atoms with Crippen molar-refractivity contribution < 1.29 is 23.8 Å². The normalized spacial score (nSPS) is 14.2. The largest absolute Gasteiger partial charge is 0.497 e. The Balaban J connectivity index is 1.60. The number of nitrogens with one attached hydrogen (secondary N) is 1. The van der Waals surface area contributed by atoms with Crippen LogP contribution in [0.15, 0.2) is 42.5 Å². The van der Waals surface area contributed by atoms with Gasteiger partial charge in [-0.25, -0.2) is 4.79 Å². The number of fused-ring (bicyclic) bond motifs is 2. The average molecular weight is 464 g/mol. The lowest BCUT2D eigenvalue weighted by Crippen LogP contribution is -2.34. The number of carbonyl (C=O) groups is 2. The number of esters is 1. The molecule has 0 radical (unpaired) electrons. The maximum Gasteiger partial charge on any atom is 0.339 e.